The predicted octanol–water partition coefficient (Wildman–Crippen LogP) is 6.89. The van der Waals surface area contributed by atoms with Crippen LogP contribution >= 0.6 is 0 Å². The van der Waals surface area contributed by atoms with E-state index in [-0.39, 0.29) is 99.7 Å². The Labute approximate surface area is 354 Å². The third-order valence-corrected chi connectivity index (χ3v) is 11.4. The summed E-state index contributed by atoms with van der Waals surface area (Å²) in [5.41, 5.74) is 0.0512. The zero-order valence-corrected chi connectivity index (χ0v) is 34.6. The normalized spacial score (nSPS) is 15.8. The summed E-state index contributed by atoms with van der Waals surface area (Å²) in [6, 6.07) is 16.0. The molecule has 6 rings (SSSR count). The SMILES string of the molecule is COc1cc(C[C@H](C(=O)N2CCN(c3cccc(C(F)(F)F)c3)CC2)[C@@H](Cc2cc(OC)c(O)c(OC)c2)C(=O)N2CCN(c3cccc(C(F)(F)F)c3)CC2)cc(OC)c1O. The smallest absolute Gasteiger partial charge is 0.416 e. The molecule has 334 valence electrons. The van der Waals surface area contributed by atoms with Crippen LogP contribution in [0.15, 0.2) is 72.8 Å². The number of nitrogens with zero attached hydrogens (tertiary/aromatic N) is 4. The van der Waals surface area contributed by atoms with Crippen molar-refractivity contribution in [2.45, 2.75) is 25.2 Å². The van der Waals surface area contributed by atoms with Gasteiger partial charge in [-0.05, 0) is 84.6 Å². The number of phenols is 2. The van der Waals surface area contributed by atoms with Crippen molar-refractivity contribution in [1.82, 2.24) is 9.80 Å². The van der Waals surface area contributed by atoms with Crippen LogP contribution in [0.5, 0.6) is 34.5 Å². The number of hydrogen-bond donors (Lipinski definition) is 2. The second-order valence-electron chi connectivity index (χ2n) is 15.0. The van der Waals surface area contributed by atoms with Crippen molar-refractivity contribution in [3.05, 3.63) is 95.1 Å². The van der Waals surface area contributed by atoms with E-state index in [2.05, 4.69) is 0 Å². The molecule has 2 atom stereocenters. The highest BCUT2D eigenvalue weighted by atomic mass is 19.4. The molecule has 4 aromatic rings. The predicted molar refractivity (Wildman–Crippen MR) is 217 cm³/mol. The van der Waals surface area contributed by atoms with E-state index in [0.29, 0.717) is 22.5 Å². The fourth-order valence-corrected chi connectivity index (χ4v) is 8.04. The van der Waals surface area contributed by atoms with Gasteiger partial charge in [0.05, 0.1) is 51.4 Å². The summed E-state index contributed by atoms with van der Waals surface area (Å²) >= 11 is 0. The molecule has 2 N–H and O–H groups in total. The maximum atomic E-state index is 15.1. The Kier molecular flexibility index (Phi) is 13.8. The number of piperazine rings is 2. The highest BCUT2D eigenvalue weighted by Gasteiger charge is 2.41. The van der Waals surface area contributed by atoms with Crippen molar-refractivity contribution in [3.63, 3.8) is 0 Å². The number of alkyl halides is 6. The summed E-state index contributed by atoms with van der Waals surface area (Å²) in [5, 5.41) is 21.5. The number of ether oxygens (including phenoxy) is 4. The lowest BCUT2D eigenvalue weighted by Crippen LogP contribution is -2.55. The summed E-state index contributed by atoms with van der Waals surface area (Å²) < 4.78 is 103. The Morgan fingerprint density at radius 1 is 0.532 bits per heavy atom. The van der Waals surface area contributed by atoms with Gasteiger partial charge in [0, 0.05) is 63.7 Å². The van der Waals surface area contributed by atoms with Crippen LogP contribution in [0.4, 0.5) is 37.7 Å². The summed E-state index contributed by atoms with van der Waals surface area (Å²) in [5.74, 6) is -3.37. The maximum Gasteiger partial charge on any atom is 0.416 e. The number of phenolic OH excluding ortho intramolecular Hbond substituents is 2. The molecule has 18 heteroatoms. The number of anilines is 2. The van der Waals surface area contributed by atoms with Crippen LogP contribution in [0.1, 0.15) is 22.3 Å². The molecule has 12 nitrogen and oxygen atoms in total. The molecule has 0 unspecified atom stereocenters. The molecular weight excluding hydrogens is 826 g/mol. The topological polar surface area (TPSA) is 124 Å². The molecule has 0 aliphatic carbocycles. The minimum Gasteiger partial charge on any atom is -0.502 e. The molecule has 2 saturated heterocycles. The zero-order chi connectivity index (χ0) is 44.9. The molecule has 0 aromatic heterocycles. The lowest BCUT2D eigenvalue weighted by atomic mass is 9.80. The van der Waals surface area contributed by atoms with Gasteiger partial charge in [-0.15, -0.1) is 0 Å². The van der Waals surface area contributed by atoms with Crippen LogP contribution in [-0.2, 0) is 34.8 Å². The summed E-state index contributed by atoms with van der Waals surface area (Å²) in [4.78, 5) is 36.8. The molecule has 0 spiro atoms. The number of rotatable bonds is 13. The standard InChI is InChI=1S/C44H48F6N4O8/c1-59-35-21-27(22-36(60-2)39(35)55)19-33(41(57)53-15-11-51(12-16-53)31-9-5-7-29(25-31)43(45,46)47)34(20-28-23-37(61-3)40(56)38(24-28)62-4)42(58)54-17-13-52(14-18-54)32-10-6-8-30(26-32)44(48,49)50/h5-10,21-26,33-34,55-56H,11-20H2,1-4H3/t33-,34+. The van der Waals surface area contributed by atoms with E-state index in [1.807, 2.05) is 0 Å². The Balaban J connectivity index is 1.36. The number of amides is 2. The third-order valence-electron chi connectivity index (χ3n) is 11.4. The van der Waals surface area contributed by atoms with E-state index < -0.39 is 47.1 Å². The van der Waals surface area contributed by atoms with Gasteiger partial charge in [0.2, 0.25) is 23.3 Å². The number of halogens is 6. The second kappa shape index (κ2) is 18.8. The lowest BCUT2D eigenvalue weighted by Gasteiger charge is -2.41. The van der Waals surface area contributed by atoms with Crippen molar-refractivity contribution in [1.29, 1.82) is 0 Å². The average Bonchev–Trinajstić information content (AvgIpc) is 3.27. The van der Waals surface area contributed by atoms with Gasteiger partial charge in [0.25, 0.3) is 0 Å². The lowest BCUT2D eigenvalue weighted by molar-refractivity contribution is -0.146. The first-order valence-corrected chi connectivity index (χ1v) is 19.7. The molecule has 4 aromatic carbocycles. The molecule has 2 amide bonds. The van der Waals surface area contributed by atoms with E-state index in [9.17, 15) is 36.6 Å². The first-order valence-electron chi connectivity index (χ1n) is 19.7. The minimum atomic E-state index is -4.54. The Morgan fingerprint density at radius 3 is 1.11 bits per heavy atom. The van der Waals surface area contributed by atoms with Crippen LogP contribution in [0.25, 0.3) is 0 Å². The van der Waals surface area contributed by atoms with Gasteiger partial charge >= 0.3 is 12.4 Å². The van der Waals surface area contributed by atoms with E-state index >= 15 is 9.59 Å². The molecular formula is C44H48F6N4O8. The van der Waals surface area contributed by atoms with Crippen LogP contribution in [0.2, 0.25) is 0 Å². The maximum absolute atomic E-state index is 15.1. The van der Waals surface area contributed by atoms with Crippen LogP contribution in [-0.4, -0.2) is 113 Å². The minimum absolute atomic E-state index is 0.0573. The molecule has 62 heavy (non-hydrogen) atoms. The van der Waals surface area contributed by atoms with Gasteiger partial charge in [-0.25, -0.2) is 0 Å². The number of hydrogen-bond acceptors (Lipinski definition) is 10. The Hall–Kier alpha value is -6.20. The molecule has 2 fully saturated rings. The zero-order valence-electron chi connectivity index (χ0n) is 34.6. The third kappa shape index (κ3) is 10.1. The highest BCUT2D eigenvalue weighted by Crippen LogP contribution is 2.41. The van der Waals surface area contributed by atoms with E-state index in [4.69, 9.17) is 18.9 Å². The van der Waals surface area contributed by atoms with Crippen molar-refractivity contribution in [2.24, 2.45) is 11.8 Å². The number of carbonyl (C=O) groups is 2. The summed E-state index contributed by atoms with van der Waals surface area (Å²) in [6.45, 7) is 1.26. The monoisotopic (exact) mass is 874 g/mol. The van der Waals surface area contributed by atoms with E-state index in [1.54, 1.807) is 31.7 Å². The van der Waals surface area contributed by atoms with Crippen molar-refractivity contribution >= 4 is 23.2 Å². The van der Waals surface area contributed by atoms with E-state index in [0.717, 1.165) is 24.3 Å². The second-order valence-corrected chi connectivity index (χ2v) is 15.0. The van der Waals surface area contributed by atoms with Gasteiger partial charge in [-0.3, -0.25) is 9.59 Å². The quantitative estimate of drug-likeness (QED) is 0.138. The molecule has 0 saturated carbocycles. The highest BCUT2D eigenvalue weighted by molar-refractivity contribution is 5.89. The molecule has 0 bridgehead atoms. The number of aromatic hydroxyl groups is 2. The van der Waals surface area contributed by atoms with Gasteiger partial charge in [-0.2, -0.15) is 26.3 Å². The van der Waals surface area contributed by atoms with E-state index in [1.165, 1.54) is 64.8 Å². The van der Waals surface area contributed by atoms with Crippen LogP contribution in [0.3, 0.4) is 0 Å². The van der Waals surface area contributed by atoms with Gasteiger partial charge in [0.1, 0.15) is 0 Å². The fraction of sp³-hybridized carbons (Fsp3) is 0.409. The Morgan fingerprint density at radius 2 is 0.839 bits per heavy atom. The van der Waals surface area contributed by atoms with Crippen molar-refractivity contribution in [2.75, 3.05) is 90.6 Å². The van der Waals surface area contributed by atoms with Crippen LogP contribution < -0.4 is 28.7 Å². The molecule has 2 aliphatic heterocycles. The van der Waals surface area contributed by atoms with Gasteiger partial charge < -0.3 is 48.8 Å². The first kappa shape index (κ1) is 45.3. The summed E-state index contributed by atoms with van der Waals surface area (Å²) in [7, 11) is 5.40. The van der Waals surface area contributed by atoms with Gasteiger partial charge in [-0.1, -0.05) is 12.1 Å². The molecule has 2 heterocycles. The largest absolute Gasteiger partial charge is 0.502 e. The fourth-order valence-electron chi connectivity index (χ4n) is 8.04. The molecule has 2 aliphatic rings. The van der Waals surface area contributed by atoms with Crippen molar-refractivity contribution in [3.8, 4) is 34.5 Å². The van der Waals surface area contributed by atoms with Crippen LogP contribution in [0, 0.1) is 11.8 Å². The average molecular weight is 875 g/mol. The molecule has 0 radical (unpaired) electrons. The number of carbonyl (C=O) groups excluding carboxylic acids is 2. The number of benzene rings is 4. The Bertz CT molecular complexity index is 2020. The van der Waals surface area contributed by atoms with Gasteiger partial charge in [0.15, 0.2) is 23.0 Å². The van der Waals surface area contributed by atoms with Crippen molar-refractivity contribution < 1.29 is 65.1 Å². The summed E-state index contributed by atoms with van der Waals surface area (Å²) in [6.07, 6.45) is -9.21. The first-order chi connectivity index (χ1) is 29.4. The number of methoxy groups -OCH3 is 4.